The summed E-state index contributed by atoms with van der Waals surface area (Å²) in [6.07, 6.45) is 2.98. The molecule has 1 fully saturated rings. The van der Waals surface area contributed by atoms with Crippen LogP contribution in [-0.2, 0) is 13.5 Å². The number of carbonyl (C=O) groups excluding carboxylic acids is 1. The van der Waals surface area contributed by atoms with E-state index in [-0.39, 0.29) is 11.2 Å². The minimum atomic E-state index is -0.864. The largest absolute Gasteiger partial charge is 0.349 e. The number of nitrogens with one attached hydrogen (secondary N) is 2. The lowest BCUT2D eigenvalue weighted by Gasteiger charge is -2.42. The summed E-state index contributed by atoms with van der Waals surface area (Å²) in [7, 11) is 1.44. The highest BCUT2D eigenvalue weighted by Crippen LogP contribution is 2.43. The summed E-state index contributed by atoms with van der Waals surface area (Å²) in [6.45, 7) is 0.320. The Hall–Kier alpha value is -2.51. The summed E-state index contributed by atoms with van der Waals surface area (Å²) in [5, 5.41) is 6.53. The third-order valence-electron chi connectivity index (χ3n) is 4.62. The van der Waals surface area contributed by atoms with Crippen molar-refractivity contribution < 1.29 is 13.6 Å². The molecule has 0 bridgehead atoms. The highest BCUT2D eigenvalue weighted by Gasteiger charge is 2.38. The van der Waals surface area contributed by atoms with Crippen molar-refractivity contribution in [1.29, 1.82) is 0 Å². The van der Waals surface area contributed by atoms with Crippen molar-refractivity contribution in [2.24, 2.45) is 12.5 Å². The van der Waals surface area contributed by atoms with E-state index in [1.807, 2.05) is 0 Å². The maximum Gasteiger partial charge on any atom is 0.343 e. The number of hydrogen-bond donors (Lipinski definition) is 2. The van der Waals surface area contributed by atoms with Gasteiger partial charge in [-0.05, 0) is 36.3 Å². The highest BCUT2D eigenvalue weighted by molar-refractivity contribution is 5.90. The zero-order chi connectivity index (χ0) is 17.3. The summed E-state index contributed by atoms with van der Waals surface area (Å²) in [5.74, 6) is -2.24. The van der Waals surface area contributed by atoms with E-state index in [1.54, 1.807) is 6.07 Å². The van der Waals surface area contributed by atoms with E-state index in [4.69, 9.17) is 0 Å². The minimum absolute atomic E-state index is 0.0612. The molecule has 24 heavy (non-hydrogen) atoms. The van der Waals surface area contributed by atoms with E-state index in [1.165, 1.54) is 13.1 Å². The molecule has 0 aliphatic heterocycles. The number of halogens is 2. The lowest BCUT2D eigenvalue weighted by Crippen LogP contribution is -2.44. The molecule has 6 nitrogen and oxygen atoms in total. The van der Waals surface area contributed by atoms with Gasteiger partial charge in [0.15, 0.2) is 11.6 Å². The van der Waals surface area contributed by atoms with Gasteiger partial charge in [-0.1, -0.05) is 18.6 Å². The average molecular weight is 336 g/mol. The molecule has 0 unspecified atom stereocenters. The van der Waals surface area contributed by atoms with E-state index in [0.29, 0.717) is 18.5 Å². The van der Waals surface area contributed by atoms with Crippen molar-refractivity contribution in [3.63, 3.8) is 0 Å². The summed E-state index contributed by atoms with van der Waals surface area (Å²) in [6, 6.07) is 4.14. The number of carbonyl (C=O) groups is 1. The molecule has 1 aliphatic carbocycles. The average Bonchev–Trinajstić information content (AvgIpc) is 2.85. The maximum absolute atomic E-state index is 13.9. The van der Waals surface area contributed by atoms with Gasteiger partial charge in [0, 0.05) is 13.6 Å². The van der Waals surface area contributed by atoms with Crippen LogP contribution in [0.4, 0.5) is 8.78 Å². The lowest BCUT2D eigenvalue weighted by atomic mass is 9.65. The van der Waals surface area contributed by atoms with Crippen molar-refractivity contribution in [3.05, 3.63) is 51.7 Å². The van der Waals surface area contributed by atoms with E-state index in [2.05, 4.69) is 15.4 Å². The van der Waals surface area contributed by atoms with Crippen LogP contribution < -0.4 is 11.0 Å². The second kappa shape index (κ2) is 6.18. The minimum Gasteiger partial charge on any atom is -0.349 e. The third kappa shape index (κ3) is 3.08. The first kappa shape index (κ1) is 16.4. The van der Waals surface area contributed by atoms with Crippen LogP contribution in [0.15, 0.2) is 23.0 Å². The molecule has 0 spiro atoms. The van der Waals surface area contributed by atoms with Crippen molar-refractivity contribution in [2.75, 3.05) is 6.54 Å². The third-order valence-corrected chi connectivity index (χ3v) is 4.62. The van der Waals surface area contributed by atoms with Gasteiger partial charge in [-0.25, -0.2) is 18.3 Å². The molecular formula is C16H18F2N4O2. The standard InChI is InChI=1S/C16H18F2N4O2/c1-22-15(24)20-13(21-22)14(23)19-9-16(6-3-7-16)8-10-4-2-5-11(17)12(10)18/h2,4-5H,3,6-9H2,1H3,(H,19,23)(H,20,21,24). The molecule has 1 aromatic heterocycles. The van der Waals surface area contributed by atoms with Crippen LogP contribution >= 0.6 is 0 Å². The highest BCUT2D eigenvalue weighted by atomic mass is 19.2. The molecule has 2 N–H and O–H groups in total. The molecule has 1 amide bonds. The summed E-state index contributed by atoms with van der Waals surface area (Å²) in [4.78, 5) is 25.7. The smallest absolute Gasteiger partial charge is 0.343 e. The van der Waals surface area contributed by atoms with Crippen LogP contribution in [-0.4, -0.2) is 27.2 Å². The normalized spacial score (nSPS) is 15.8. The molecule has 128 valence electrons. The molecular weight excluding hydrogens is 318 g/mol. The Morgan fingerprint density at radius 1 is 1.42 bits per heavy atom. The predicted molar refractivity (Wildman–Crippen MR) is 82.5 cm³/mol. The fourth-order valence-electron chi connectivity index (χ4n) is 3.04. The summed E-state index contributed by atoms with van der Waals surface area (Å²) in [5.41, 5.74) is -0.449. The number of hydrogen-bond acceptors (Lipinski definition) is 3. The van der Waals surface area contributed by atoms with Crippen LogP contribution in [0.25, 0.3) is 0 Å². The van der Waals surface area contributed by atoms with Crippen LogP contribution in [0.1, 0.15) is 35.4 Å². The van der Waals surface area contributed by atoms with Crippen LogP contribution in [0.5, 0.6) is 0 Å². The zero-order valence-electron chi connectivity index (χ0n) is 13.2. The van der Waals surface area contributed by atoms with Crippen molar-refractivity contribution in [2.45, 2.75) is 25.7 Å². The number of rotatable bonds is 5. The molecule has 1 saturated carbocycles. The maximum atomic E-state index is 13.9. The van der Waals surface area contributed by atoms with Gasteiger partial charge in [0.2, 0.25) is 5.82 Å². The summed E-state index contributed by atoms with van der Waals surface area (Å²) >= 11 is 0. The number of benzene rings is 1. The summed E-state index contributed by atoms with van der Waals surface area (Å²) < 4.78 is 28.3. The van der Waals surface area contributed by atoms with Gasteiger partial charge < -0.3 is 5.32 Å². The van der Waals surface area contributed by atoms with Crippen LogP contribution in [0.2, 0.25) is 0 Å². The number of aromatic amines is 1. The Morgan fingerprint density at radius 3 is 2.75 bits per heavy atom. The van der Waals surface area contributed by atoms with Gasteiger partial charge >= 0.3 is 5.69 Å². The Bertz CT molecular complexity index is 824. The molecule has 3 rings (SSSR count). The van der Waals surface area contributed by atoms with Crippen molar-refractivity contribution in [1.82, 2.24) is 20.1 Å². The van der Waals surface area contributed by atoms with Crippen LogP contribution in [0, 0.1) is 17.0 Å². The van der Waals surface area contributed by atoms with Gasteiger partial charge in [-0.2, -0.15) is 0 Å². The van der Waals surface area contributed by atoms with E-state index < -0.39 is 23.2 Å². The molecule has 8 heteroatoms. The van der Waals surface area contributed by atoms with Gasteiger partial charge in [-0.3, -0.25) is 9.78 Å². The molecule has 2 aromatic rings. The molecule has 0 radical (unpaired) electrons. The monoisotopic (exact) mass is 336 g/mol. The molecule has 1 aliphatic rings. The quantitative estimate of drug-likeness (QED) is 0.869. The zero-order valence-corrected chi connectivity index (χ0v) is 13.2. The molecule has 1 heterocycles. The lowest BCUT2D eigenvalue weighted by molar-refractivity contribution is 0.0847. The Balaban J connectivity index is 1.69. The predicted octanol–water partition coefficient (Wildman–Crippen LogP) is 1.53. The van der Waals surface area contributed by atoms with E-state index in [0.717, 1.165) is 30.0 Å². The first-order valence-corrected chi connectivity index (χ1v) is 7.75. The number of aryl methyl sites for hydroxylation is 1. The SMILES string of the molecule is Cn1nc(C(=O)NCC2(Cc3cccc(F)c3F)CCC2)[nH]c1=O. The van der Waals surface area contributed by atoms with E-state index >= 15 is 0 Å². The van der Waals surface area contributed by atoms with Gasteiger partial charge in [0.1, 0.15) is 0 Å². The molecule has 1 aromatic carbocycles. The fraction of sp³-hybridized carbons (Fsp3) is 0.438. The topological polar surface area (TPSA) is 79.8 Å². The van der Waals surface area contributed by atoms with E-state index in [9.17, 15) is 18.4 Å². The number of aromatic nitrogens is 3. The van der Waals surface area contributed by atoms with Gasteiger partial charge in [-0.15, -0.1) is 5.10 Å². The number of amides is 1. The first-order chi connectivity index (χ1) is 11.4. The first-order valence-electron chi connectivity index (χ1n) is 7.75. The fourth-order valence-corrected chi connectivity index (χ4v) is 3.04. The number of H-pyrrole nitrogens is 1. The number of nitrogens with zero attached hydrogens (tertiary/aromatic N) is 2. The van der Waals surface area contributed by atoms with Gasteiger partial charge in [0.25, 0.3) is 5.91 Å². The Morgan fingerprint density at radius 2 is 2.17 bits per heavy atom. The molecule has 0 saturated heterocycles. The van der Waals surface area contributed by atoms with Gasteiger partial charge in [0.05, 0.1) is 0 Å². The van der Waals surface area contributed by atoms with Crippen LogP contribution in [0.3, 0.4) is 0 Å². The second-order valence-electron chi connectivity index (χ2n) is 6.33. The van der Waals surface area contributed by atoms with Crippen molar-refractivity contribution >= 4 is 5.91 Å². The molecule has 0 atom stereocenters. The second-order valence-corrected chi connectivity index (χ2v) is 6.33. The Labute approximate surface area is 136 Å². The van der Waals surface area contributed by atoms with Crippen molar-refractivity contribution in [3.8, 4) is 0 Å². The Kier molecular flexibility index (Phi) is 4.21.